The molecule has 8 nitrogen and oxygen atoms in total. The molecule has 10 heteroatoms. The summed E-state index contributed by atoms with van der Waals surface area (Å²) in [5, 5.41) is 7.69. The van der Waals surface area contributed by atoms with Crippen molar-refractivity contribution in [3.63, 3.8) is 0 Å². The van der Waals surface area contributed by atoms with E-state index in [1.54, 1.807) is 20.0 Å². The van der Waals surface area contributed by atoms with Gasteiger partial charge in [-0.15, -0.1) is 23.1 Å². The molecule has 1 N–H and O–H groups in total. The zero-order chi connectivity index (χ0) is 22.3. The summed E-state index contributed by atoms with van der Waals surface area (Å²) in [5.41, 5.74) is 2.96. The first-order valence-corrected chi connectivity index (χ1v) is 11.7. The van der Waals surface area contributed by atoms with Crippen molar-refractivity contribution in [2.45, 2.75) is 25.7 Å². The molecule has 0 bridgehead atoms. The second kappa shape index (κ2) is 8.35. The van der Waals surface area contributed by atoms with Crippen molar-refractivity contribution in [3.05, 3.63) is 44.3 Å². The third-order valence-electron chi connectivity index (χ3n) is 5.05. The third-order valence-corrected chi connectivity index (χ3v) is 7.01. The van der Waals surface area contributed by atoms with Crippen molar-refractivity contribution < 1.29 is 14.3 Å². The highest BCUT2D eigenvalue weighted by molar-refractivity contribution is 7.98. The highest BCUT2D eigenvalue weighted by Gasteiger charge is 2.23. The molecular formula is C21H22N4O4S2. The quantitative estimate of drug-likeness (QED) is 0.597. The van der Waals surface area contributed by atoms with Crippen LogP contribution in [0.1, 0.15) is 26.6 Å². The average molecular weight is 459 g/mol. The van der Waals surface area contributed by atoms with E-state index < -0.39 is 0 Å². The van der Waals surface area contributed by atoms with Gasteiger partial charge in [0.05, 0.1) is 22.6 Å². The van der Waals surface area contributed by atoms with Crippen LogP contribution in [-0.2, 0) is 7.05 Å². The van der Waals surface area contributed by atoms with Crippen molar-refractivity contribution in [2.75, 3.05) is 24.8 Å². The van der Waals surface area contributed by atoms with Crippen LogP contribution in [0.3, 0.4) is 0 Å². The van der Waals surface area contributed by atoms with Gasteiger partial charge in [-0.2, -0.15) is 5.10 Å². The largest absolute Gasteiger partial charge is 0.486 e. The Labute approximate surface area is 187 Å². The first-order chi connectivity index (χ1) is 14.8. The van der Waals surface area contributed by atoms with E-state index in [0.717, 1.165) is 16.2 Å². The SMILES string of the molecule is CSc1cc2c(cc1NC(=O)c1sc(-c3c(C)c(C)nn(C)c3=O)nc1C)OCCO2. The smallest absolute Gasteiger partial charge is 0.277 e. The number of fused-ring (bicyclic) bond motifs is 1. The van der Waals surface area contributed by atoms with Gasteiger partial charge in [-0.05, 0) is 38.7 Å². The van der Waals surface area contributed by atoms with E-state index in [1.807, 2.05) is 26.2 Å². The lowest BCUT2D eigenvalue weighted by molar-refractivity contribution is 0.102. The molecule has 2 aromatic heterocycles. The van der Waals surface area contributed by atoms with Crippen molar-refractivity contribution in [2.24, 2.45) is 7.05 Å². The number of carbonyl (C=O) groups is 1. The Bertz CT molecular complexity index is 1250. The average Bonchev–Trinajstić information content (AvgIpc) is 3.13. The lowest BCUT2D eigenvalue weighted by atomic mass is 10.1. The van der Waals surface area contributed by atoms with Crippen LogP contribution in [0, 0.1) is 20.8 Å². The summed E-state index contributed by atoms with van der Waals surface area (Å²) >= 11 is 2.71. The fraction of sp³-hybridized carbons (Fsp3) is 0.333. The molecule has 0 spiro atoms. The molecule has 0 saturated carbocycles. The van der Waals surface area contributed by atoms with E-state index in [9.17, 15) is 9.59 Å². The maximum absolute atomic E-state index is 13.1. The fourth-order valence-corrected chi connectivity index (χ4v) is 4.94. The molecule has 0 unspecified atom stereocenters. The van der Waals surface area contributed by atoms with Crippen LogP contribution in [0.5, 0.6) is 11.5 Å². The zero-order valence-electron chi connectivity index (χ0n) is 17.9. The summed E-state index contributed by atoms with van der Waals surface area (Å²) in [7, 11) is 1.61. The number of nitrogens with one attached hydrogen (secondary N) is 1. The van der Waals surface area contributed by atoms with Gasteiger partial charge in [-0.3, -0.25) is 9.59 Å². The van der Waals surface area contributed by atoms with Crippen molar-refractivity contribution in [1.82, 2.24) is 14.8 Å². The summed E-state index contributed by atoms with van der Waals surface area (Å²) in [6, 6.07) is 3.65. The van der Waals surface area contributed by atoms with Crippen molar-refractivity contribution in [3.8, 4) is 22.1 Å². The molecule has 1 aromatic carbocycles. The normalized spacial score (nSPS) is 12.7. The maximum atomic E-state index is 13.1. The molecule has 1 aliphatic heterocycles. The van der Waals surface area contributed by atoms with E-state index in [0.29, 0.717) is 51.5 Å². The first kappa shape index (κ1) is 21.4. The lowest BCUT2D eigenvalue weighted by Gasteiger charge is -2.20. The monoisotopic (exact) mass is 458 g/mol. The molecular weight excluding hydrogens is 436 g/mol. The summed E-state index contributed by atoms with van der Waals surface area (Å²) in [4.78, 5) is 31.6. The van der Waals surface area contributed by atoms with E-state index >= 15 is 0 Å². The zero-order valence-corrected chi connectivity index (χ0v) is 19.5. The Morgan fingerprint density at radius 3 is 2.52 bits per heavy atom. The predicted molar refractivity (Wildman–Crippen MR) is 122 cm³/mol. The van der Waals surface area contributed by atoms with Gasteiger partial charge in [0.1, 0.15) is 23.1 Å². The lowest BCUT2D eigenvalue weighted by Crippen LogP contribution is -2.23. The molecule has 0 atom stereocenters. The predicted octanol–water partition coefficient (Wildman–Crippen LogP) is 3.57. The minimum atomic E-state index is -0.284. The fourth-order valence-electron chi connectivity index (χ4n) is 3.33. The van der Waals surface area contributed by atoms with Crippen LogP contribution in [0.4, 0.5) is 5.69 Å². The molecule has 1 amide bonds. The van der Waals surface area contributed by atoms with Crippen LogP contribution in [0.15, 0.2) is 21.8 Å². The summed E-state index contributed by atoms with van der Waals surface area (Å²) in [6.45, 7) is 6.43. The molecule has 1 aliphatic rings. The molecule has 0 radical (unpaired) electrons. The highest BCUT2D eigenvalue weighted by Crippen LogP contribution is 2.39. The van der Waals surface area contributed by atoms with Crippen LogP contribution in [0.2, 0.25) is 0 Å². The van der Waals surface area contributed by atoms with E-state index in [2.05, 4.69) is 15.4 Å². The highest BCUT2D eigenvalue weighted by atomic mass is 32.2. The number of aryl methyl sites for hydroxylation is 3. The first-order valence-electron chi connectivity index (χ1n) is 9.61. The standard InChI is InChI=1S/C21H22N4O4S2/c1-10-11(2)24-25(4)21(27)17(10)20-22-12(3)18(31-20)19(26)23-13-8-14-15(9-16(13)30-5)29-7-6-28-14/h8-9H,6-7H2,1-5H3,(H,23,26). The Kier molecular flexibility index (Phi) is 5.76. The van der Waals surface area contributed by atoms with Crippen LogP contribution in [-0.4, -0.2) is 40.1 Å². The van der Waals surface area contributed by atoms with E-state index in [1.165, 1.54) is 27.8 Å². The van der Waals surface area contributed by atoms with Gasteiger partial charge in [0.2, 0.25) is 0 Å². The van der Waals surface area contributed by atoms with Crippen molar-refractivity contribution in [1.29, 1.82) is 0 Å². The third kappa shape index (κ3) is 3.92. The van der Waals surface area contributed by atoms with Crippen molar-refractivity contribution >= 4 is 34.7 Å². The number of amides is 1. The van der Waals surface area contributed by atoms with Crippen LogP contribution in [0.25, 0.3) is 10.6 Å². The molecule has 0 aliphatic carbocycles. The minimum Gasteiger partial charge on any atom is -0.486 e. The van der Waals surface area contributed by atoms with Crippen LogP contribution >= 0.6 is 23.1 Å². The number of thioether (sulfide) groups is 1. The Balaban J connectivity index is 1.69. The number of thiazole rings is 1. The maximum Gasteiger partial charge on any atom is 0.277 e. The summed E-state index contributed by atoms with van der Waals surface area (Å²) in [6.07, 6.45) is 1.93. The second-order valence-electron chi connectivity index (χ2n) is 7.10. The number of nitrogens with zero attached hydrogens (tertiary/aromatic N) is 3. The van der Waals surface area contributed by atoms with Gasteiger partial charge in [0.25, 0.3) is 11.5 Å². The van der Waals surface area contributed by atoms with Gasteiger partial charge in [-0.25, -0.2) is 9.67 Å². The minimum absolute atomic E-state index is 0.236. The second-order valence-corrected chi connectivity index (χ2v) is 8.95. The van der Waals surface area contributed by atoms with Gasteiger partial charge in [-0.1, -0.05) is 0 Å². The number of rotatable bonds is 4. The van der Waals surface area contributed by atoms with Gasteiger partial charge < -0.3 is 14.8 Å². The molecule has 3 aromatic rings. The number of ether oxygens (including phenoxy) is 2. The number of anilines is 1. The molecule has 0 saturated heterocycles. The van der Waals surface area contributed by atoms with E-state index in [4.69, 9.17) is 9.47 Å². The number of carbonyl (C=O) groups excluding carboxylic acids is 1. The Morgan fingerprint density at radius 2 is 1.84 bits per heavy atom. The van der Waals surface area contributed by atoms with Gasteiger partial charge in [0.15, 0.2) is 11.5 Å². The topological polar surface area (TPSA) is 95.3 Å². The van der Waals surface area contributed by atoms with Gasteiger partial charge in [0, 0.05) is 18.0 Å². The molecule has 3 heterocycles. The summed E-state index contributed by atoms with van der Waals surface area (Å²) in [5.74, 6) is 0.991. The number of hydrogen-bond donors (Lipinski definition) is 1. The Hall–Kier alpha value is -2.85. The van der Waals surface area contributed by atoms with Gasteiger partial charge >= 0.3 is 0 Å². The number of hydrogen-bond acceptors (Lipinski definition) is 8. The molecule has 0 fully saturated rings. The molecule has 4 rings (SSSR count). The number of benzene rings is 1. The van der Waals surface area contributed by atoms with Crippen LogP contribution < -0.4 is 20.3 Å². The Morgan fingerprint density at radius 1 is 1.16 bits per heavy atom. The summed E-state index contributed by atoms with van der Waals surface area (Å²) < 4.78 is 12.6. The molecule has 31 heavy (non-hydrogen) atoms. The molecule has 162 valence electrons. The number of aromatic nitrogens is 3. The van der Waals surface area contributed by atoms with E-state index in [-0.39, 0.29) is 11.5 Å².